The normalized spacial score (nSPS) is 24.1. The van der Waals surface area contributed by atoms with Gasteiger partial charge in [-0.05, 0) is 55.9 Å². The molecule has 0 atom stereocenters. The summed E-state index contributed by atoms with van der Waals surface area (Å²) in [5.41, 5.74) is 2.76. The molecule has 5 nitrogen and oxygen atoms in total. The van der Waals surface area contributed by atoms with Crippen LogP contribution in [0.5, 0.6) is 0 Å². The van der Waals surface area contributed by atoms with Gasteiger partial charge in [0.2, 0.25) is 0 Å². The Morgan fingerprint density at radius 3 is 2.41 bits per heavy atom. The molecule has 144 valence electrons. The van der Waals surface area contributed by atoms with Crippen molar-refractivity contribution >= 4 is 0 Å². The first-order chi connectivity index (χ1) is 13.3. The first-order valence-corrected chi connectivity index (χ1v) is 10.5. The van der Waals surface area contributed by atoms with Crippen LogP contribution in [0.3, 0.4) is 0 Å². The minimum absolute atomic E-state index is 0.183. The fraction of sp³-hybridized carbons (Fsp3) is 0.636. The van der Waals surface area contributed by atoms with Crippen LogP contribution in [-0.2, 0) is 21.3 Å². The van der Waals surface area contributed by atoms with Gasteiger partial charge in [0.25, 0.3) is 0 Å². The lowest BCUT2D eigenvalue weighted by molar-refractivity contribution is -0.185. The van der Waals surface area contributed by atoms with E-state index in [2.05, 4.69) is 51.5 Å². The van der Waals surface area contributed by atoms with Crippen LogP contribution in [0.25, 0.3) is 0 Å². The molecule has 0 N–H and O–H groups in total. The first kappa shape index (κ1) is 17.4. The summed E-state index contributed by atoms with van der Waals surface area (Å²) in [4.78, 5) is 0. The van der Waals surface area contributed by atoms with E-state index in [9.17, 15) is 0 Å². The van der Waals surface area contributed by atoms with Gasteiger partial charge in [0.1, 0.15) is 0 Å². The van der Waals surface area contributed by atoms with Gasteiger partial charge in [0.05, 0.1) is 24.9 Å². The Morgan fingerprint density at radius 1 is 1.00 bits per heavy atom. The number of benzene rings is 1. The molecule has 0 bridgehead atoms. The second-order valence-electron chi connectivity index (χ2n) is 8.53. The quantitative estimate of drug-likeness (QED) is 0.795. The Hall–Kier alpha value is -1.72. The van der Waals surface area contributed by atoms with Gasteiger partial charge >= 0.3 is 0 Å². The molecule has 2 aliphatic carbocycles. The van der Waals surface area contributed by atoms with Crippen molar-refractivity contribution in [1.82, 2.24) is 15.0 Å². The molecule has 2 heterocycles. The number of nitrogens with zero attached hydrogens (tertiary/aromatic N) is 3. The predicted molar refractivity (Wildman–Crippen MR) is 102 cm³/mol. The number of aromatic nitrogens is 3. The number of aryl methyl sites for hydroxylation is 1. The fourth-order valence-electron chi connectivity index (χ4n) is 4.99. The predicted octanol–water partition coefficient (Wildman–Crippen LogP) is 4.19. The lowest BCUT2D eigenvalue weighted by atomic mass is 9.65. The maximum absolute atomic E-state index is 5.97. The van der Waals surface area contributed by atoms with Crippen LogP contribution in [0.2, 0.25) is 0 Å². The Bertz CT molecular complexity index is 753. The Labute approximate surface area is 161 Å². The molecule has 1 spiro atoms. The Balaban J connectivity index is 1.32. The molecule has 1 aliphatic heterocycles. The summed E-state index contributed by atoms with van der Waals surface area (Å²) in [7, 11) is 0. The maximum Gasteiger partial charge on any atom is 0.168 e. The SMILES string of the molecule is c1ccc(C2(CCc3cn(C4CCC4)nn3)CCC3(CC2)OCCO3)cc1. The van der Waals surface area contributed by atoms with Crippen molar-refractivity contribution in [1.29, 1.82) is 0 Å². The van der Waals surface area contributed by atoms with E-state index in [1.807, 2.05) is 0 Å². The zero-order chi connectivity index (χ0) is 18.2. The molecule has 1 aromatic carbocycles. The lowest BCUT2D eigenvalue weighted by Gasteiger charge is -2.44. The third-order valence-corrected chi connectivity index (χ3v) is 7.03. The average Bonchev–Trinajstić information content (AvgIpc) is 3.32. The summed E-state index contributed by atoms with van der Waals surface area (Å²) in [6.45, 7) is 1.48. The van der Waals surface area contributed by atoms with Crippen LogP contribution in [0, 0.1) is 0 Å². The topological polar surface area (TPSA) is 49.2 Å². The van der Waals surface area contributed by atoms with Gasteiger partial charge in [-0.3, -0.25) is 0 Å². The Morgan fingerprint density at radius 2 is 1.74 bits per heavy atom. The van der Waals surface area contributed by atoms with E-state index in [1.165, 1.54) is 24.8 Å². The van der Waals surface area contributed by atoms with Crippen LogP contribution in [0.15, 0.2) is 36.5 Å². The van der Waals surface area contributed by atoms with Gasteiger partial charge < -0.3 is 9.47 Å². The molecule has 27 heavy (non-hydrogen) atoms. The van der Waals surface area contributed by atoms with Crippen LogP contribution in [-0.4, -0.2) is 34.0 Å². The fourth-order valence-corrected chi connectivity index (χ4v) is 4.99. The second kappa shape index (κ2) is 7.02. The molecule has 5 heteroatoms. The van der Waals surface area contributed by atoms with Gasteiger partial charge in [-0.25, -0.2) is 4.68 Å². The van der Waals surface area contributed by atoms with E-state index in [0.29, 0.717) is 6.04 Å². The van der Waals surface area contributed by atoms with Gasteiger partial charge in [-0.15, -0.1) is 5.10 Å². The lowest BCUT2D eigenvalue weighted by Crippen LogP contribution is -2.42. The summed E-state index contributed by atoms with van der Waals surface area (Å²) < 4.78 is 14.0. The molecular formula is C22H29N3O2. The Kier molecular flexibility index (Phi) is 4.52. The monoisotopic (exact) mass is 367 g/mol. The third kappa shape index (κ3) is 3.32. The molecule has 5 rings (SSSR count). The van der Waals surface area contributed by atoms with Crippen LogP contribution >= 0.6 is 0 Å². The second-order valence-corrected chi connectivity index (χ2v) is 8.53. The molecule has 1 saturated heterocycles. The molecule has 3 fully saturated rings. The van der Waals surface area contributed by atoms with E-state index in [1.54, 1.807) is 0 Å². The maximum atomic E-state index is 5.97. The van der Waals surface area contributed by atoms with Crippen molar-refractivity contribution in [2.75, 3.05) is 13.2 Å². The molecule has 2 saturated carbocycles. The highest BCUT2D eigenvalue weighted by atomic mass is 16.7. The van der Waals surface area contributed by atoms with Crippen LogP contribution < -0.4 is 0 Å². The molecule has 0 radical (unpaired) electrons. The summed E-state index contributed by atoms with van der Waals surface area (Å²) in [5.74, 6) is -0.314. The summed E-state index contributed by atoms with van der Waals surface area (Å²) in [6.07, 6.45) is 12.3. The van der Waals surface area contributed by atoms with Crippen molar-refractivity contribution in [3.8, 4) is 0 Å². The highest BCUT2D eigenvalue weighted by Gasteiger charge is 2.46. The minimum Gasteiger partial charge on any atom is -0.348 e. The van der Waals surface area contributed by atoms with Crippen molar-refractivity contribution in [2.24, 2.45) is 0 Å². The van der Waals surface area contributed by atoms with Gasteiger partial charge in [0.15, 0.2) is 5.79 Å². The number of hydrogen-bond donors (Lipinski definition) is 0. The minimum atomic E-state index is -0.314. The number of rotatable bonds is 5. The van der Waals surface area contributed by atoms with Crippen LogP contribution in [0.4, 0.5) is 0 Å². The van der Waals surface area contributed by atoms with Gasteiger partial charge in [0, 0.05) is 19.0 Å². The zero-order valence-corrected chi connectivity index (χ0v) is 16.0. The first-order valence-electron chi connectivity index (χ1n) is 10.5. The van der Waals surface area contributed by atoms with Gasteiger partial charge in [-0.1, -0.05) is 35.5 Å². The molecule has 2 aromatic rings. The average molecular weight is 367 g/mol. The third-order valence-electron chi connectivity index (χ3n) is 7.03. The van der Waals surface area contributed by atoms with E-state index < -0.39 is 0 Å². The molecule has 0 amide bonds. The summed E-state index contributed by atoms with van der Waals surface area (Å²) in [6, 6.07) is 11.6. The van der Waals surface area contributed by atoms with Crippen molar-refractivity contribution < 1.29 is 9.47 Å². The highest BCUT2D eigenvalue weighted by molar-refractivity contribution is 5.27. The van der Waals surface area contributed by atoms with Crippen LogP contribution in [0.1, 0.15) is 68.7 Å². The molecule has 3 aliphatic rings. The molecule has 1 aromatic heterocycles. The standard InChI is InChI=1S/C22H29N3O2/c1-2-5-18(6-3-1)21(11-13-22(14-12-21)26-15-16-27-22)10-9-19-17-25(24-23-19)20-7-4-8-20/h1-3,5-6,17,20H,4,7-16H2. The number of ether oxygens (including phenoxy) is 2. The molecular weight excluding hydrogens is 338 g/mol. The number of hydrogen-bond acceptors (Lipinski definition) is 4. The zero-order valence-electron chi connectivity index (χ0n) is 16.0. The summed E-state index contributed by atoms with van der Waals surface area (Å²) >= 11 is 0. The van der Waals surface area contributed by atoms with E-state index >= 15 is 0 Å². The van der Waals surface area contributed by atoms with Crippen molar-refractivity contribution in [3.63, 3.8) is 0 Å². The van der Waals surface area contributed by atoms with E-state index in [-0.39, 0.29) is 11.2 Å². The smallest absolute Gasteiger partial charge is 0.168 e. The largest absolute Gasteiger partial charge is 0.348 e. The summed E-state index contributed by atoms with van der Waals surface area (Å²) in [5, 5.41) is 8.84. The van der Waals surface area contributed by atoms with E-state index in [4.69, 9.17) is 9.47 Å². The van der Waals surface area contributed by atoms with Crippen molar-refractivity contribution in [3.05, 3.63) is 47.8 Å². The van der Waals surface area contributed by atoms with E-state index in [0.717, 1.165) is 57.4 Å². The molecule has 0 unspecified atom stereocenters. The highest BCUT2D eigenvalue weighted by Crippen LogP contribution is 2.48. The van der Waals surface area contributed by atoms with Crippen molar-refractivity contribution in [2.45, 2.75) is 75.0 Å². The van der Waals surface area contributed by atoms with Gasteiger partial charge in [-0.2, -0.15) is 0 Å².